The van der Waals surface area contributed by atoms with E-state index in [1.165, 1.54) is 26.4 Å². The van der Waals surface area contributed by atoms with Gasteiger partial charge in [0, 0.05) is 25.2 Å². The standard InChI is InChI=1S/C44H50F3N7O6/c1-23(2)37(51-42(57)59-5)40(55)53-17-7-9-35(53)34-22-28-19-25(12-15-31(28)48-34)26-11-14-29(30(20-26)44(45,46)47)27-13-16-32-33(21-27)50-39(49-32)36-10-8-18-54(36)41(56)38(24(3)4)52-43(58)60-6/h11-16,19-21,23-24,35-38H,7-10,17-18,22H2,1-6H3,(H,49,50)(H,51,57)(H,52,58)/t35-,36-,37-,38-/m0/s1. The van der Waals surface area contributed by atoms with Gasteiger partial charge in [0.15, 0.2) is 0 Å². The van der Waals surface area contributed by atoms with Crippen LogP contribution < -0.4 is 10.6 Å². The average Bonchev–Trinajstić information content (AvgIpc) is 4.05. The molecule has 4 aromatic rings. The molecule has 60 heavy (non-hydrogen) atoms. The van der Waals surface area contributed by atoms with E-state index in [-0.39, 0.29) is 35.3 Å². The Morgan fingerprint density at radius 3 is 1.93 bits per heavy atom. The highest BCUT2D eigenvalue weighted by Gasteiger charge is 2.40. The van der Waals surface area contributed by atoms with Crippen molar-refractivity contribution < 1.29 is 41.8 Å². The summed E-state index contributed by atoms with van der Waals surface area (Å²) in [5, 5.41) is 5.29. The highest BCUT2D eigenvalue weighted by Crippen LogP contribution is 2.42. The van der Waals surface area contributed by atoms with Crippen LogP contribution in [-0.4, -0.2) is 94.9 Å². The second-order valence-electron chi connectivity index (χ2n) is 16.3. The number of carbonyl (C=O) groups is 4. The summed E-state index contributed by atoms with van der Waals surface area (Å²) in [4.78, 5) is 67.6. The minimum absolute atomic E-state index is 0.00907. The molecule has 0 spiro atoms. The first kappa shape index (κ1) is 42.2. The second kappa shape index (κ2) is 17.0. The molecule has 3 N–H and O–H groups in total. The molecule has 2 fully saturated rings. The van der Waals surface area contributed by atoms with Gasteiger partial charge < -0.3 is 34.9 Å². The van der Waals surface area contributed by atoms with Crippen LogP contribution in [0.3, 0.4) is 0 Å². The first-order valence-electron chi connectivity index (χ1n) is 20.3. The minimum atomic E-state index is -4.67. The van der Waals surface area contributed by atoms with Crippen molar-refractivity contribution in [2.24, 2.45) is 16.8 Å². The van der Waals surface area contributed by atoms with E-state index in [1.54, 1.807) is 46.2 Å². The van der Waals surface area contributed by atoms with Crippen LogP contribution in [0.15, 0.2) is 59.6 Å². The van der Waals surface area contributed by atoms with E-state index in [9.17, 15) is 32.3 Å². The normalized spacial score (nSPS) is 18.8. The number of fused-ring (bicyclic) bond motifs is 2. The van der Waals surface area contributed by atoms with Crippen LogP contribution in [0.2, 0.25) is 0 Å². The molecule has 0 aliphatic carbocycles. The molecule has 4 amide bonds. The van der Waals surface area contributed by atoms with Crippen molar-refractivity contribution in [1.29, 1.82) is 0 Å². The molecule has 4 heterocycles. The number of rotatable bonds is 10. The predicted molar refractivity (Wildman–Crippen MR) is 220 cm³/mol. The van der Waals surface area contributed by atoms with Gasteiger partial charge in [-0.2, -0.15) is 13.2 Å². The number of aliphatic imine (C=N–C) groups is 1. The predicted octanol–water partition coefficient (Wildman–Crippen LogP) is 7.96. The maximum absolute atomic E-state index is 14.9. The molecule has 7 rings (SSSR count). The molecule has 0 radical (unpaired) electrons. The van der Waals surface area contributed by atoms with E-state index in [1.807, 2.05) is 33.8 Å². The van der Waals surface area contributed by atoms with Crippen molar-refractivity contribution in [2.75, 3.05) is 27.3 Å². The number of methoxy groups -OCH3 is 2. The lowest BCUT2D eigenvalue weighted by Gasteiger charge is -2.30. The Labute approximate surface area is 346 Å². The number of hydrogen-bond donors (Lipinski definition) is 3. The maximum Gasteiger partial charge on any atom is 0.417 e. The van der Waals surface area contributed by atoms with E-state index in [4.69, 9.17) is 19.5 Å². The van der Waals surface area contributed by atoms with Gasteiger partial charge in [-0.15, -0.1) is 0 Å². The van der Waals surface area contributed by atoms with Crippen molar-refractivity contribution in [1.82, 2.24) is 30.4 Å². The number of amides is 4. The molecule has 318 valence electrons. The minimum Gasteiger partial charge on any atom is -0.453 e. The van der Waals surface area contributed by atoms with Gasteiger partial charge in [-0.05, 0) is 95.7 Å². The van der Waals surface area contributed by atoms with E-state index in [0.717, 1.165) is 24.1 Å². The lowest BCUT2D eigenvalue weighted by Crippen LogP contribution is -2.53. The van der Waals surface area contributed by atoms with Crippen molar-refractivity contribution in [3.63, 3.8) is 0 Å². The molecule has 16 heteroatoms. The van der Waals surface area contributed by atoms with Crippen LogP contribution in [-0.2, 0) is 31.7 Å². The molecule has 1 aromatic heterocycles. The third kappa shape index (κ3) is 8.41. The van der Waals surface area contributed by atoms with E-state index in [2.05, 4.69) is 15.6 Å². The molecule has 4 atom stereocenters. The van der Waals surface area contributed by atoms with Crippen LogP contribution >= 0.6 is 0 Å². The van der Waals surface area contributed by atoms with Gasteiger partial charge in [0.1, 0.15) is 17.9 Å². The molecular weight excluding hydrogens is 780 g/mol. The van der Waals surface area contributed by atoms with Crippen LogP contribution in [0.5, 0.6) is 0 Å². The largest absolute Gasteiger partial charge is 0.453 e. The number of aromatic amines is 1. The van der Waals surface area contributed by atoms with E-state index >= 15 is 0 Å². The third-order valence-corrected chi connectivity index (χ3v) is 11.7. The number of H-pyrrole nitrogens is 1. The van der Waals surface area contributed by atoms with Gasteiger partial charge in [-0.25, -0.2) is 14.6 Å². The zero-order valence-electron chi connectivity index (χ0n) is 34.5. The molecule has 3 aromatic carbocycles. The number of nitrogens with one attached hydrogen (secondary N) is 3. The smallest absolute Gasteiger partial charge is 0.417 e. The van der Waals surface area contributed by atoms with Gasteiger partial charge in [-0.3, -0.25) is 14.6 Å². The van der Waals surface area contributed by atoms with Gasteiger partial charge in [0.05, 0.1) is 48.6 Å². The Morgan fingerprint density at radius 2 is 1.33 bits per heavy atom. The van der Waals surface area contributed by atoms with Crippen LogP contribution in [0.1, 0.15) is 76.4 Å². The number of carbonyl (C=O) groups excluding carboxylic acids is 4. The lowest BCUT2D eigenvalue weighted by molar-refractivity contribution is -0.137. The zero-order valence-corrected chi connectivity index (χ0v) is 34.5. The lowest BCUT2D eigenvalue weighted by atomic mass is 9.93. The Balaban J connectivity index is 1.11. The summed E-state index contributed by atoms with van der Waals surface area (Å²) in [5.74, 6) is -0.325. The summed E-state index contributed by atoms with van der Waals surface area (Å²) in [6, 6.07) is 12.5. The number of hydrogen-bond acceptors (Lipinski definition) is 8. The number of ether oxygens (including phenoxy) is 2. The number of imidazole rings is 1. The highest BCUT2D eigenvalue weighted by atomic mass is 19.4. The molecule has 2 saturated heterocycles. The van der Waals surface area contributed by atoms with Crippen LogP contribution in [0.4, 0.5) is 28.4 Å². The number of alkyl carbamates (subject to hydrolysis) is 2. The van der Waals surface area contributed by atoms with Gasteiger partial charge in [-0.1, -0.05) is 52.0 Å². The monoisotopic (exact) mass is 829 g/mol. The summed E-state index contributed by atoms with van der Waals surface area (Å²) >= 11 is 0. The van der Waals surface area contributed by atoms with Gasteiger partial charge in [0.25, 0.3) is 0 Å². The Morgan fingerprint density at radius 1 is 0.767 bits per heavy atom. The fraction of sp³-hybridized carbons (Fsp3) is 0.455. The van der Waals surface area contributed by atoms with Gasteiger partial charge in [0.2, 0.25) is 11.8 Å². The number of alkyl halides is 3. The first-order valence-corrected chi connectivity index (χ1v) is 20.3. The molecular formula is C44H50F3N7O6. The van der Waals surface area contributed by atoms with Crippen LogP contribution in [0, 0.1) is 11.8 Å². The quantitative estimate of drug-likeness (QED) is 0.146. The van der Waals surface area contributed by atoms with Crippen LogP contribution in [0.25, 0.3) is 33.3 Å². The van der Waals surface area contributed by atoms with E-state index in [0.29, 0.717) is 71.6 Å². The second-order valence-corrected chi connectivity index (χ2v) is 16.3. The Kier molecular flexibility index (Phi) is 11.9. The zero-order chi connectivity index (χ0) is 43.0. The first-order chi connectivity index (χ1) is 28.6. The summed E-state index contributed by atoms with van der Waals surface area (Å²) in [6.07, 6.45) is -2.77. The molecule has 0 bridgehead atoms. The number of likely N-dealkylation sites (tertiary alicyclic amines) is 2. The summed E-state index contributed by atoms with van der Waals surface area (Å²) < 4.78 is 54.1. The molecule has 0 unspecified atom stereocenters. The number of nitrogens with zero attached hydrogens (tertiary/aromatic N) is 4. The van der Waals surface area contributed by atoms with Crippen molar-refractivity contribution in [3.8, 4) is 22.3 Å². The third-order valence-electron chi connectivity index (χ3n) is 11.7. The van der Waals surface area contributed by atoms with Crippen molar-refractivity contribution >= 4 is 46.4 Å². The molecule has 3 aliphatic heterocycles. The van der Waals surface area contributed by atoms with Crippen molar-refractivity contribution in [2.45, 2.75) is 90.1 Å². The molecule has 13 nitrogen and oxygen atoms in total. The molecule has 0 saturated carbocycles. The van der Waals surface area contributed by atoms with Gasteiger partial charge >= 0.3 is 18.4 Å². The Hall–Kier alpha value is -5.93. The highest BCUT2D eigenvalue weighted by molar-refractivity contribution is 6.01. The summed E-state index contributed by atoms with van der Waals surface area (Å²) in [5.41, 5.74) is 4.02. The average molecular weight is 830 g/mol. The fourth-order valence-corrected chi connectivity index (χ4v) is 8.61. The SMILES string of the molecule is COC(=O)N[C@H](C(=O)N1CCC[C@H]1C1=Nc2ccc(-c3ccc(-c4ccc5nc([C@@H]6CCCN6C(=O)[C@@H](NC(=O)OC)C(C)C)[nH]c5c4)c(C(F)(F)F)c3)cc2C1)C(C)C. The number of aromatic nitrogens is 2. The summed E-state index contributed by atoms with van der Waals surface area (Å²) in [6.45, 7) is 8.36. The topological polar surface area (TPSA) is 158 Å². The summed E-state index contributed by atoms with van der Waals surface area (Å²) in [7, 11) is 2.49. The Bertz CT molecular complexity index is 2340. The maximum atomic E-state index is 14.9. The van der Waals surface area contributed by atoms with E-state index < -0.39 is 42.1 Å². The number of halogens is 3. The molecule has 3 aliphatic rings. The fourth-order valence-electron chi connectivity index (χ4n) is 8.61. The number of benzene rings is 3. The van der Waals surface area contributed by atoms with Crippen molar-refractivity contribution in [3.05, 3.63) is 71.5 Å².